The Bertz CT molecular complexity index is 240. The van der Waals surface area contributed by atoms with E-state index in [0.717, 1.165) is 19.3 Å². The Kier molecular flexibility index (Phi) is 2.94. The monoisotopic (exact) mass is 176 g/mol. The molecule has 1 aliphatic carbocycles. The van der Waals surface area contributed by atoms with Crippen LogP contribution in [0.15, 0.2) is 0 Å². The molecule has 1 rings (SSSR count). The van der Waals surface area contributed by atoms with E-state index in [0.29, 0.717) is 11.3 Å². The van der Waals surface area contributed by atoms with Crippen molar-refractivity contribution in [2.24, 2.45) is 17.3 Å². The topological polar surface area (TPSA) is 47.6 Å². The molecule has 0 bridgehead atoms. The van der Waals surface area contributed by atoms with E-state index in [9.17, 15) is 0 Å². The second-order valence-corrected chi connectivity index (χ2v) is 4.76. The lowest BCUT2D eigenvalue weighted by Crippen LogP contribution is -2.26. The molecule has 0 spiro atoms. The van der Waals surface area contributed by atoms with E-state index >= 15 is 0 Å². The predicted octanol–water partition coefficient (Wildman–Crippen LogP) is 2.87. The minimum Gasteiger partial charge on any atom is -0.197 e. The lowest BCUT2D eigenvalue weighted by atomic mass is 9.69. The van der Waals surface area contributed by atoms with Crippen molar-refractivity contribution >= 4 is 0 Å². The SMILES string of the molecule is CC1(C)CCCC(C(C#N)C#N)C1. The highest BCUT2D eigenvalue weighted by molar-refractivity contribution is 5.04. The fourth-order valence-corrected chi connectivity index (χ4v) is 2.28. The maximum Gasteiger partial charge on any atom is 0.136 e. The highest BCUT2D eigenvalue weighted by Gasteiger charge is 2.32. The van der Waals surface area contributed by atoms with Crippen molar-refractivity contribution in [1.29, 1.82) is 10.5 Å². The molecule has 70 valence electrons. The number of rotatable bonds is 1. The first-order valence-corrected chi connectivity index (χ1v) is 4.88. The second-order valence-electron chi connectivity index (χ2n) is 4.76. The van der Waals surface area contributed by atoms with E-state index in [1.165, 1.54) is 6.42 Å². The van der Waals surface area contributed by atoms with Crippen LogP contribution in [0.3, 0.4) is 0 Å². The molecule has 0 amide bonds. The summed E-state index contributed by atoms with van der Waals surface area (Å²) in [4.78, 5) is 0. The Morgan fingerprint density at radius 2 is 1.92 bits per heavy atom. The van der Waals surface area contributed by atoms with E-state index in [1.54, 1.807) is 0 Å². The normalized spacial score (nSPS) is 26.4. The minimum absolute atomic E-state index is 0.304. The summed E-state index contributed by atoms with van der Waals surface area (Å²) in [5, 5.41) is 17.6. The van der Waals surface area contributed by atoms with Gasteiger partial charge in [0.05, 0.1) is 12.1 Å². The van der Waals surface area contributed by atoms with Crippen LogP contribution in [0.4, 0.5) is 0 Å². The Labute approximate surface area is 80.2 Å². The maximum atomic E-state index is 8.78. The van der Waals surface area contributed by atoms with Gasteiger partial charge in [-0.1, -0.05) is 20.3 Å². The largest absolute Gasteiger partial charge is 0.197 e. The first-order valence-electron chi connectivity index (χ1n) is 4.88. The summed E-state index contributed by atoms with van der Waals surface area (Å²) >= 11 is 0. The molecule has 1 atom stereocenters. The van der Waals surface area contributed by atoms with Crippen molar-refractivity contribution in [2.75, 3.05) is 0 Å². The Hall–Kier alpha value is -1.02. The molecule has 0 heterocycles. The maximum absolute atomic E-state index is 8.78. The smallest absolute Gasteiger partial charge is 0.136 e. The van der Waals surface area contributed by atoms with Gasteiger partial charge < -0.3 is 0 Å². The van der Waals surface area contributed by atoms with Gasteiger partial charge in [0.25, 0.3) is 0 Å². The van der Waals surface area contributed by atoms with Crippen LogP contribution in [-0.2, 0) is 0 Å². The third-order valence-corrected chi connectivity index (χ3v) is 2.99. The number of hydrogen-bond donors (Lipinski definition) is 0. The van der Waals surface area contributed by atoms with Gasteiger partial charge in [0, 0.05) is 0 Å². The highest BCUT2D eigenvalue weighted by Crippen LogP contribution is 2.41. The van der Waals surface area contributed by atoms with Crippen molar-refractivity contribution in [3.8, 4) is 12.1 Å². The van der Waals surface area contributed by atoms with E-state index in [2.05, 4.69) is 26.0 Å². The Morgan fingerprint density at radius 1 is 1.31 bits per heavy atom. The molecule has 1 aliphatic rings. The number of nitriles is 2. The summed E-state index contributed by atoms with van der Waals surface area (Å²) in [6, 6.07) is 4.20. The quantitative estimate of drug-likeness (QED) is 0.616. The third kappa shape index (κ3) is 2.46. The van der Waals surface area contributed by atoms with E-state index in [1.807, 2.05) is 0 Å². The number of hydrogen-bond acceptors (Lipinski definition) is 2. The fraction of sp³-hybridized carbons (Fsp3) is 0.818. The van der Waals surface area contributed by atoms with Crippen molar-refractivity contribution in [2.45, 2.75) is 39.5 Å². The van der Waals surface area contributed by atoms with Gasteiger partial charge in [-0.15, -0.1) is 0 Å². The van der Waals surface area contributed by atoms with E-state index in [-0.39, 0.29) is 5.92 Å². The average molecular weight is 176 g/mol. The zero-order valence-corrected chi connectivity index (χ0v) is 8.38. The van der Waals surface area contributed by atoms with Crippen LogP contribution in [0.5, 0.6) is 0 Å². The second kappa shape index (κ2) is 3.79. The average Bonchev–Trinajstić information content (AvgIpc) is 2.05. The van der Waals surface area contributed by atoms with Crippen molar-refractivity contribution in [1.82, 2.24) is 0 Å². The number of nitrogens with zero attached hydrogens (tertiary/aromatic N) is 2. The Morgan fingerprint density at radius 3 is 2.38 bits per heavy atom. The molecule has 1 saturated carbocycles. The molecule has 0 saturated heterocycles. The van der Waals surface area contributed by atoms with Gasteiger partial charge in [-0.05, 0) is 30.6 Å². The molecule has 0 aromatic rings. The van der Waals surface area contributed by atoms with Gasteiger partial charge in [0.1, 0.15) is 5.92 Å². The molecule has 0 N–H and O–H groups in total. The first-order chi connectivity index (χ1) is 6.09. The summed E-state index contributed by atoms with van der Waals surface area (Å²) in [5.74, 6) is -0.0849. The van der Waals surface area contributed by atoms with Crippen LogP contribution in [0, 0.1) is 39.9 Å². The molecule has 0 radical (unpaired) electrons. The fourth-order valence-electron chi connectivity index (χ4n) is 2.28. The molecule has 0 aromatic heterocycles. The van der Waals surface area contributed by atoms with E-state index in [4.69, 9.17) is 10.5 Å². The zero-order valence-electron chi connectivity index (χ0n) is 8.38. The van der Waals surface area contributed by atoms with Gasteiger partial charge in [0.15, 0.2) is 0 Å². The van der Waals surface area contributed by atoms with Gasteiger partial charge >= 0.3 is 0 Å². The minimum atomic E-state index is -0.389. The molecular weight excluding hydrogens is 160 g/mol. The predicted molar refractivity (Wildman–Crippen MR) is 50.5 cm³/mol. The first kappa shape index (κ1) is 10.1. The molecule has 13 heavy (non-hydrogen) atoms. The van der Waals surface area contributed by atoms with Crippen molar-refractivity contribution in [3.05, 3.63) is 0 Å². The molecule has 0 aromatic carbocycles. The van der Waals surface area contributed by atoms with Gasteiger partial charge in [0.2, 0.25) is 0 Å². The highest BCUT2D eigenvalue weighted by atomic mass is 14.4. The van der Waals surface area contributed by atoms with Gasteiger partial charge in [-0.25, -0.2) is 0 Å². The molecule has 2 heteroatoms. The van der Waals surface area contributed by atoms with E-state index < -0.39 is 0 Å². The molecular formula is C11H16N2. The third-order valence-electron chi connectivity index (χ3n) is 2.99. The molecule has 2 nitrogen and oxygen atoms in total. The molecule has 0 aliphatic heterocycles. The van der Waals surface area contributed by atoms with Gasteiger partial charge in [-0.3, -0.25) is 0 Å². The van der Waals surface area contributed by atoms with Crippen molar-refractivity contribution < 1.29 is 0 Å². The molecule has 1 fully saturated rings. The summed E-state index contributed by atoms with van der Waals surface area (Å²) in [6.45, 7) is 4.45. The van der Waals surface area contributed by atoms with Crippen LogP contribution >= 0.6 is 0 Å². The van der Waals surface area contributed by atoms with Crippen LogP contribution in [-0.4, -0.2) is 0 Å². The van der Waals surface area contributed by atoms with Crippen LogP contribution in [0.2, 0.25) is 0 Å². The standard InChI is InChI=1S/C11H16N2/c1-11(2)5-3-4-9(6-11)10(7-12)8-13/h9-10H,3-6H2,1-2H3. The summed E-state index contributed by atoms with van der Waals surface area (Å²) in [7, 11) is 0. The lowest BCUT2D eigenvalue weighted by molar-refractivity contribution is 0.167. The Balaban J connectivity index is 2.63. The zero-order chi connectivity index (χ0) is 9.90. The van der Waals surface area contributed by atoms with Gasteiger partial charge in [-0.2, -0.15) is 10.5 Å². The summed E-state index contributed by atoms with van der Waals surface area (Å²) < 4.78 is 0. The summed E-state index contributed by atoms with van der Waals surface area (Å²) in [6.07, 6.45) is 4.47. The van der Waals surface area contributed by atoms with Crippen LogP contribution < -0.4 is 0 Å². The molecule has 1 unspecified atom stereocenters. The van der Waals surface area contributed by atoms with Crippen LogP contribution in [0.1, 0.15) is 39.5 Å². The lowest BCUT2D eigenvalue weighted by Gasteiger charge is -2.35. The van der Waals surface area contributed by atoms with Crippen molar-refractivity contribution in [3.63, 3.8) is 0 Å². The van der Waals surface area contributed by atoms with Crippen LogP contribution in [0.25, 0.3) is 0 Å². The summed E-state index contributed by atoms with van der Waals surface area (Å²) in [5.41, 5.74) is 0.328.